The van der Waals surface area contributed by atoms with Crippen LogP contribution in [-0.2, 0) is 14.2 Å². The quantitative estimate of drug-likeness (QED) is 0.429. The van der Waals surface area contributed by atoms with E-state index in [4.69, 9.17) is 14.2 Å². The molecule has 0 spiro atoms. The molecule has 0 aliphatic heterocycles. The maximum absolute atomic E-state index is 12.3. The Hall–Kier alpha value is -2.26. The highest BCUT2D eigenvalue weighted by molar-refractivity contribution is 5.94. The Morgan fingerprint density at radius 1 is 1.00 bits per heavy atom. The number of hydrogen-bond donors (Lipinski definition) is 2. The monoisotopic (exact) mass is 418 g/mol. The molecule has 1 aromatic carbocycles. The largest absolute Gasteiger partial charge is 0.378 e. The van der Waals surface area contributed by atoms with Crippen molar-refractivity contribution in [2.24, 2.45) is 0 Å². The van der Waals surface area contributed by atoms with Crippen molar-refractivity contribution in [2.45, 2.75) is 19.9 Å². The highest BCUT2D eigenvalue weighted by Gasteiger charge is 2.10. The summed E-state index contributed by atoms with van der Waals surface area (Å²) in [5.41, 5.74) is 2.86. The molecule has 0 aliphatic rings. The van der Waals surface area contributed by atoms with Crippen molar-refractivity contribution >= 4 is 5.91 Å². The van der Waals surface area contributed by atoms with Crippen LogP contribution in [-0.4, -0.2) is 75.5 Å². The molecule has 0 fully saturated rings. The Balaban J connectivity index is 1.56. The Kier molecular flexibility index (Phi) is 11.1. The Labute approximate surface area is 178 Å². The molecule has 0 saturated carbocycles. The van der Waals surface area contributed by atoms with Crippen molar-refractivity contribution in [3.05, 3.63) is 53.3 Å². The van der Waals surface area contributed by atoms with Crippen LogP contribution in [0.25, 0.3) is 0 Å². The number of aromatic nitrogens is 2. The van der Waals surface area contributed by atoms with Gasteiger partial charge < -0.3 is 24.8 Å². The summed E-state index contributed by atoms with van der Waals surface area (Å²) in [6, 6.07) is 7.72. The number of carbonyl (C=O) groups is 1. The molecule has 1 aromatic heterocycles. The lowest BCUT2D eigenvalue weighted by molar-refractivity contribution is 0.0159. The normalized spacial score (nSPS) is 12.1. The number of ether oxygens (including phenoxy) is 3. The molecule has 2 rings (SSSR count). The first-order chi connectivity index (χ1) is 14.6. The molecular weight excluding hydrogens is 384 g/mol. The van der Waals surface area contributed by atoms with Crippen LogP contribution in [0.2, 0.25) is 0 Å². The van der Waals surface area contributed by atoms with Gasteiger partial charge in [0.05, 0.1) is 51.9 Å². The molecule has 2 aromatic rings. The van der Waals surface area contributed by atoms with Gasteiger partial charge in [0.1, 0.15) is 0 Å². The van der Waals surface area contributed by atoms with Gasteiger partial charge in [-0.15, -0.1) is 0 Å². The smallest absolute Gasteiger partial charge is 0.251 e. The molecule has 1 amide bonds. The number of nitrogens with one attached hydrogen (secondary N) is 2. The van der Waals surface area contributed by atoms with Gasteiger partial charge >= 0.3 is 0 Å². The Morgan fingerprint density at radius 3 is 2.17 bits per heavy atom. The minimum absolute atomic E-state index is 0.109. The number of benzene rings is 1. The topological polar surface area (TPSA) is 86.6 Å². The van der Waals surface area contributed by atoms with Crippen LogP contribution >= 0.6 is 0 Å². The van der Waals surface area contributed by atoms with Crippen molar-refractivity contribution < 1.29 is 19.0 Å². The van der Waals surface area contributed by atoms with Gasteiger partial charge in [0.2, 0.25) is 0 Å². The van der Waals surface area contributed by atoms with E-state index in [0.717, 1.165) is 17.7 Å². The molecule has 166 valence electrons. The maximum atomic E-state index is 12.3. The summed E-state index contributed by atoms with van der Waals surface area (Å²) in [4.78, 5) is 12.3. The lowest BCUT2D eigenvalue weighted by Crippen LogP contribution is -2.27. The number of likely N-dealkylation sites (N-methyl/N-ethyl adjacent to an activating group) is 1. The van der Waals surface area contributed by atoms with Crippen LogP contribution in [0.4, 0.5) is 0 Å². The summed E-state index contributed by atoms with van der Waals surface area (Å²) < 4.78 is 18.1. The summed E-state index contributed by atoms with van der Waals surface area (Å²) in [6.45, 7) is 8.66. The first-order valence-electron chi connectivity index (χ1n) is 10.4. The van der Waals surface area contributed by atoms with Gasteiger partial charge in [0.15, 0.2) is 0 Å². The molecule has 8 nitrogen and oxygen atoms in total. The molecule has 1 unspecified atom stereocenters. The van der Waals surface area contributed by atoms with E-state index in [2.05, 4.69) is 22.7 Å². The lowest BCUT2D eigenvalue weighted by atomic mass is 10.1. The summed E-state index contributed by atoms with van der Waals surface area (Å²) >= 11 is 0. The number of nitrogens with zero attached hydrogens (tertiary/aromatic N) is 2. The zero-order valence-electron chi connectivity index (χ0n) is 18.2. The molecule has 2 N–H and O–H groups in total. The number of carbonyl (C=O) groups excluding carboxylic acids is 1. The van der Waals surface area contributed by atoms with Gasteiger partial charge in [-0.25, -0.2) is 0 Å². The Bertz CT molecular complexity index is 733. The summed E-state index contributed by atoms with van der Waals surface area (Å²) in [5, 5.41) is 10.2. The zero-order chi connectivity index (χ0) is 21.6. The fraction of sp³-hybridized carbons (Fsp3) is 0.545. The molecule has 0 radical (unpaired) electrons. The highest BCUT2D eigenvalue weighted by atomic mass is 16.5. The SMILES string of the molecule is CNCCOCCOCCOCCNC(=O)c1ccc(C(C)n2cc(C)cn2)cc1. The summed E-state index contributed by atoms with van der Waals surface area (Å²) in [6.07, 6.45) is 3.85. The van der Waals surface area contributed by atoms with E-state index in [1.165, 1.54) is 0 Å². The van der Waals surface area contributed by atoms with E-state index >= 15 is 0 Å². The van der Waals surface area contributed by atoms with Gasteiger partial charge in [-0.2, -0.15) is 5.10 Å². The second-order valence-electron chi connectivity index (χ2n) is 6.99. The van der Waals surface area contributed by atoms with E-state index in [-0.39, 0.29) is 11.9 Å². The van der Waals surface area contributed by atoms with Crippen LogP contribution in [0.15, 0.2) is 36.7 Å². The van der Waals surface area contributed by atoms with Gasteiger partial charge in [-0.1, -0.05) is 12.1 Å². The lowest BCUT2D eigenvalue weighted by Gasteiger charge is -2.13. The van der Waals surface area contributed by atoms with Gasteiger partial charge in [-0.3, -0.25) is 9.48 Å². The number of hydrogen-bond acceptors (Lipinski definition) is 6. The van der Waals surface area contributed by atoms with E-state index in [9.17, 15) is 4.79 Å². The second kappa shape index (κ2) is 13.9. The fourth-order valence-electron chi connectivity index (χ4n) is 2.77. The summed E-state index contributed by atoms with van der Waals surface area (Å²) in [5.74, 6) is -0.109. The van der Waals surface area contributed by atoms with Crippen molar-refractivity contribution in [1.29, 1.82) is 0 Å². The van der Waals surface area contributed by atoms with Gasteiger partial charge in [0, 0.05) is 24.8 Å². The Morgan fingerprint density at radius 2 is 1.60 bits per heavy atom. The fourth-order valence-corrected chi connectivity index (χ4v) is 2.77. The highest BCUT2D eigenvalue weighted by Crippen LogP contribution is 2.18. The van der Waals surface area contributed by atoms with E-state index in [1.54, 1.807) is 0 Å². The zero-order valence-corrected chi connectivity index (χ0v) is 18.2. The average molecular weight is 419 g/mol. The van der Waals surface area contributed by atoms with Gasteiger partial charge in [-0.05, 0) is 44.2 Å². The average Bonchev–Trinajstić information content (AvgIpc) is 3.20. The molecule has 0 aliphatic carbocycles. The summed E-state index contributed by atoms with van der Waals surface area (Å²) in [7, 11) is 1.89. The van der Waals surface area contributed by atoms with E-state index in [0.29, 0.717) is 51.7 Å². The van der Waals surface area contributed by atoms with Crippen LogP contribution in [0.3, 0.4) is 0 Å². The van der Waals surface area contributed by atoms with Crippen molar-refractivity contribution in [2.75, 3.05) is 59.8 Å². The molecular formula is C22H34N4O4. The molecule has 8 heteroatoms. The van der Waals surface area contributed by atoms with E-state index in [1.807, 2.05) is 55.3 Å². The first-order valence-corrected chi connectivity index (χ1v) is 10.4. The van der Waals surface area contributed by atoms with Gasteiger partial charge in [0.25, 0.3) is 5.91 Å². The minimum atomic E-state index is -0.109. The molecule has 0 saturated heterocycles. The van der Waals surface area contributed by atoms with Crippen LogP contribution < -0.4 is 10.6 Å². The third-order valence-electron chi connectivity index (χ3n) is 4.56. The minimum Gasteiger partial charge on any atom is -0.378 e. The molecule has 0 bridgehead atoms. The second-order valence-corrected chi connectivity index (χ2v) is 6.99. The molecule has 1 heterocycles. The van der Waals surface area contributed by atoms with Crippen LogP contribution in [0.1, 0.15) is 34.5 Å². The van der Waals surface area contributed by atoms with E-state index < -0.39 is 0 Å². The maximum Gasteiger partial charge on any atom is 0.251 e. The van der Waals surface area contributed by atoms with Crippen molar-refractivity contribution in [1.82, 2.24) is 20.4 Å². The van der Waals surface area contributed by atoms with Crippen LogP contribution in [0, 0.1) is 6.92 Å². The number of amides is 1. The van der Waals surface area contributed by atoms with Crippen molar-refractivity contribution in [3.8, 4) is 0 Å². The molecule has 1 atom stereocenters. The van der Waals surface area contributed by atoms with Crippen molar-refractivity contribution in [3.63, 3.8) is 0 Å². The number of rotatable bonds is 15. The predicted molar refractivity (Wildman–Crippen MR) is 116 cm³/mol. The third-order valence-corrected chi connectivity index (χ3v) is 4.56. The molecule has 30 heavy (non-hydrogen) atoms. The third kappa shape index (κ3) is 8.62. The number of aryl methyl sites for hydroxylation is 1. The van der Waals surface area contributed by atoms with Crippen LogP contribution in [0.5, 0.6) is 0 Å². The standard InChI is InChI=1S/C22H34N4O4/c1-18-16-25-26(17-18)19(2)20-4-6-21(7-5-20)22(27)24-9-11-29-13-15-30-14-12-28-10-8-23-3/h4-7,16-17,19,23H,8-15H2,1-3H3,(H,24,27). The predicted octanol–water partition coefficient (Wildman–Crippen LogP) is 1.80. The first kappa shape index (κ1) is 24.0.